The molecule has 1 fully saturated rings. The van der Waals surface area contributed by atoms with Crippen LogP contribution < -0.4 is 10.6 Å². The van der Waals surface area contributed by atoms with Crippen molar-refractivity contribution in [2.24, 2.45) is 0 Å². The van der Waals surface area contributed by atoms with E-state index in [-0.39, 0.29) is 11.9 Å². The number of aromatic nitrogens is 2. The molecule has 2 aliphatic heterocycles. The number of urea groups is 1. The lowest BCUT2D eigenvalue weighted by molar-refractivity contribution is -0.131. The summed E-state index contributed by atoms with van der Waals surface area (Å²) >= 11 is 0. The van der Waals surface area contributed by atoms with Gasteiger partial charge < -0.3 is 20.3 Å². The molecule has 1 aromatic heterocycles. The maximum Gasteiger partial charge on any atom is 0.319 e. The Balaban J connectivity index is 1.71. The predicted octanol–water partition coefficient (Wildman–Crippen LogP) is 1.42. The Bertz CT molecular complexity index is 900. The van der Waals surface area contributed by atoms with Crippen molar-refractivity contribution in [3.05, 3.63) is 65.1 Å². The number of nitrogens with zero attached hydrogens (tertiary/aromatic N) is 3. The summed E-state index contributed by atoms with van der Waals surface area (Å²) in [4.78, 5) is 27.3. The zero-order valence-corrected chi connectivity index (χ0v) is 15.7. The number of allylic oxidation sites excluding steroid dienone is 1. The third kappa shape index (κ3) is 3.63. The minimum absolute atomic E-state index is 0.0767. The Labute approximate surface area is 163 Å². The molecular weight excluding hydrogens is 358 g/mol. The maximum atomic E-state index is 13.3. The second-order valence-corrected chi connectivity index (χ2v) is 6.88. The Hall–Kier alpha value is -3.13. The van der Waals surface area contributed by atoms with Crippen molar-refractivity contribution in [3.63, 3.8) is 0 Å². The third-order valence-corrected chi connectivity index (χ3v) is 5.06. The number of amides is 3. The molecule has 1 aromatic carbocycles. The topological polar surface area (TPSA) is 88.5 Å². The van der Waals surface area contributed by atoms with Gasteiger partial charge in [0.05, 0.1) is 31.4 Å². The van der Waals surface area contributed by atoms with E-state index in [1.165, 1.54) is 0 Å². The van der Waals surface area contributed by atoms with Crippen LogP contribution in [0, 0.1) is 0 Å². The molecule has 2 N–H and O–H groups in total. The van der Waals surface area contributed by atoms with E-state index in [9.17, 15) is 9.59 Å². The van der Waals surface area contributed by atoms with Gasteiger partial charge in [-0.1, -0.05) is 24.3 Å². The van der Waals surface area contributed by atoms with Crippen LogP contribution >= 0.6 is 0 Å². The normalized spacial score (nSPS) is 20.0. The maximum absolute atomic E-state index is 13.3. The van der Waals surface area contributed by atoms with E-state index in [0.717, 1.165) is 11.1 Å². The zero-order valence-electron chi connectivity index (χ0n) is 15.7. The average Bonchev–Trinajstić information content (AvgIpc) is 3.21. The summed E-state index contributed by atoms with van der Waals surface area (Å²) in [7, 11) is 0. The Morgan fingerprint density at radius 2 is 2.04 bits per heavy atom. The van der Waals surface area contributed by atoms with Crippen LogP contribution in [0.2, 0.25) is 0 Å². The van der Waals surface area contributed by atoms with Gasteiger partial charge in [0, 0.05) is 31.2 Å². The van der Waals surface area contributed by atoms with Crippen molar-refractivity contribution in [2.45, 2.75) is 19.5 Å². The number of benzene rings is 1. The number of rotatable bonds is 4. The van der Waals surface area contributed by atoms with E-state index < -0.39 is 6.04 Å². The lowest BCUT2D eigenvalue weighted by atomic mass is 9.91. The van der Waals surface area contributed by atoms with Crippen LogP contribution in [0.5, 0.6) is 0 Å². The van der Waals surface area contributed by atoms with E-state index in [4.69, 9.17) is 4.74 Å². The van der Waals surface area contributed by atoms with Crippen LogP contribution in [-0.4, -0.2) is 52.9 Å². The van der Waals surface area contributed by atoms with Crippen LogP contribution in [0.4, 0.5) is 4.79 Å². The van der Waals surface area contributed by atoms with Gasteiger partial charge in [-0.05, 0) is 24.1 Å². The molecule has 0 bridgehead atoms. The first-order chi connectivity index (χ1) is 13.6. The average molecular weight is 381 g/mol. The lowest BCUT2D eigenvalue weighted by Gasteiger charge is -2.34. The molecule has 0 saturated carbocycles. The highest BCUT2D eigenvalue weighted by Gasteiger charge is 2.35. The van der Waals surface area contributed by atoms with Crippen molar-refractivity contribution < 1.29 is 14.3 Å². The Kier molecular flexibility index (Phi) is 5.12. The first kappa shape index (κ1) is 18.2. The molecule has 1 saturated heterocycles. The fourth-order valence-electron chi connectivity index (χ4n) is 3.68. The summed E-state index contributed by atoms with van der Waals surface area (Å²) in [5.74, 6) is -0.0767. The summed E-state index contributed by atoms with van der Waals surface area (Å²) in [6.45, 7) is 4.48. The van der Waals surface area contributed by atoms with Gasteiger partial charge in [0.1, 0.15) is 0 Å². The van der Waals surface area contributed by atoms with Gasteiger partial charge in [-0.2, -0.15) is 5.10 Å². The van der Waals surface area contributed by atoms with Crippen molar-refractivity contribution >= 4 is 11.9 Å². The van der Waals surface area contributed by atoms with Crippen LogP contribution in [-0.2, 0) is 16.1 Å². The number of carbonyl (C=O) groups excluding carboxylic acids is 2. The summed E-state index contributed by atoms with van der Waals surface area (Å²) in [5.41, 5.74) is 3.04. The van der Waals surface area contributed by atoms with E-state index in [2.05, 4.69) is 15.7 Å². The molecule has 8 heteroatoms. The lowest BCUT2D eigenvalue weighted by Crippen LogP contribution is -2.49. The first-order valence-electron chi connectivity index (χ1n) is 9.34. The van der Waals surface area contributed by atoms with Gasteiger partial charge in [0.25, 0.3) is 5.91 Å². The number of nitrogens with one attached hydrogen (secondary N) is 2. The van der Waals surface area contributed by atoms with Gasteiger partial charge in [-0.3, -0.25) is 9.48 Å². The zero-order chi connectivity index (χ0) is 19.5. The quantitative estimate of drug-likeness (QED) is 0.838. The van der Waals surface area contributed by atoms with Gasteiger partial charge in [-0.25, -0.2) is 4.79 Å². The third-order valence-electron chi connectivity index (χ3n) is 5.06. The number of morpholine rings is 1. The summed E-state index contributed by atoms with van der Waals surface area (Å²) in [6, 6.07) is 8.86. The molecule has 0 spiro atoms. The number of ether oxygens (including phenoxy) is 1. The van der Waals surface area contributed by atoms with Gasteiger partial charge in [-0.15, -0.1) is 0 Å². The highest BCUT2D eigenvalue weighted by atomic mass is 16.5. The second kappa shape index (κ2) is 7.85. The number of hydrogen-bond acceptors (Lipinski definition) is 4. The molecular formula is C20H23N5O3. The molecule has 146 valence electrons. The molecule has 8 nitrogen and oxygen atoms in total. The molecule has 0 aliphatic carbocycles. The highest BCUT2D eigenvalue weighted by molar-refractivity contribution is 5.98. The minimum Gasteiger partial charge on any atom is -0.378 e. The van der Waals surface area contributed by atoms with Crippen molar-refractivity contribution in [2.75, 3.05) is 26.3 Å². The van der Waals surface area contributed by atoms with E-state index >= 15 is 0 Å². The van der Waals surface area contributed by atoms with E-state index in [0.29, 0.717) is 44.1 Å². The molecule has 2 aromatic rings. The molecule has 1 atom stereocenters. The van der Waals surface area contributed by atoms with Gasteiger partial charge in [0.2, 0.25) is 0 Å². The minimum atomic E-state index is -0.518. The predicted molar refractivity (Wildman–Crippen MR) is 102 cm³/mol. The second-order valence-electron chi connectivity index (χ2n) is 6.88. The van der Waals surface area contributed by atoms with E-state index in [1.54, 1.807) is 18.0 Å². The smallest absolute Gasteiger partial charge is 0.319 e. The van der Waals surface area contributed by atoms with Crippen LogP contribution in [0.1, 0.15) is 24.1 Å². The van der Waals surface area contributed by atoms with Crippen molar-refractivity contribution in [1.82, 2.24) is 25.3 Å². The highest BCUT2D eigenvalue weighted by Crippen LogP contribution is 2.31. The Morgan fingerprint density at radius 1 is 1.25 bits per heavy atom. The first-order valence-corrected chi connectivity index (χ1v) is 9.34. The fourth-order valence-corrected chi connectivity index (χ4v) is 3.68. The number of hydrogen-bond donors (Lipinski definition) is 2. The molecule has 3 heterocycles. The largest absolute Gasteiger partial charge is 0.378 e. The van der Waals surface area contributed by atoms with Crippen LogP contribution in [0.25, 0.3) is 0 Å². The summed E-state index contributed by atoms with van der Waals surface area (Å²) in [5, 5.41) is 9.96. The summed E-state index contributed by atoms with van der Waals surface area (Å²) in [6.07, 6.45) is 3.62. The van der Waals surface area contributed by atoms with Gasteiger partial charge in [0.15, 0.2) is 0 Å². The number of carbonyl (C=O) groups is 2. The molecule has 28 heavy (non-hydrogen) atoms. The van der Waals surface area contributed by atoms with Gasteiger partial charge >= 0.3 is 6.03 Å². The van der Waals surface area contributed by atoms with Crippen LogP contribution in [0.3, 0.4) is 0 Å². The standard InChI is InChI=1S/C20H23N5O3/c1-14-17(19(26)24-9-11-28-12-10-24)18(23-20(27)22-14)16-6-3-2-5-15(16)13-25-8-4-7-21-25/h2-8,18H,9-13H2,1H3,(H2,22,23,27). The van der Waals surface area contributed by atoms with Crippen LogP contribution in [0.15, 0.2) is 54.0 Å². The van der Waals surface area contributed by atoms with Crippen molar-refractivity contribution in [3.8, 4) is 0 Å². The summed E-state index contributed by atoms with van der Waals surface area (Å²) < 4.78 is 7.19. The molecule has 0 radical (unpaired) electrons. The molecule has 1 unspecified atom stereocenters. The molecule has 3 amide bonds. The fraction of sp³-hybridized carbons (Fsp3) is 0.350. The molecule has 2 aliphatic rings. The SMILES string of the molecule is CC1=C(C(=O)N2CCOCC2)C(c2ccccc2Cn2cccn2)NC(=O)N1. The Morgan fingerprint density at radius 3 is 2.79 bits per heavy atom. The van der Waals surface area contributed by atoms with E-state index in [1.807, 2.05) is 41.2 Å². The van der Waals surface area contributed by atoms with Crippen molar-refractivity contribution in [1.29, 1.82) is 0 Å². The molecule has 4 rings (SSSR count). The monoisotopic (exact) mass is 381 g/mol.